The van der Waals surface area contributed by atoms with Crippen molar-refractivity contribution in [3.8, 4) is 11.8 Å². The molecule has 4 rings (SSSR count). The molecule has 1 aliphatic carbocycles. The average molecular weight is 419 g/mol. The van der Waals surface area contributed by atoms with Crippen LogP contribution in [0.15, 0.2) is 36.5 Å². The SMILES string of the molecule is CNC(=O)C1CN(Cc2ccc(OCc3ccc(C4CCCCC4)c(C#N)c3)cn2)C1. The van der Waals surface area contributed by atoms with Gasteiger partial charge in [0, 0.05) is 26.7 Å². The summed E-state index contributed by atoms with van der Waals surface area (Å²) < 4.78 is 5.90. The number of rotatable bonds is 7. The second-order valence-electron chi connectivity index (χ2n) is 8.65. The fourth-order valence-corrected chi connectivity index (χ4v) is 4.61. The molecule has 0 radical (unpaired) electrons. The Morgan fingerprint density at radius 2 is 2.03 bits per heavy atom. The van der Waals surface area contributed by atoms with Gasteiger partial charge in [0.05, 0.1) is 29.4 Å². The van der Waals surface area contributed by atoms with Gasteiger partial charge in [-0.1, -0.05) is 31.4 Å². The van der Waals surface area contributed by atoms with Gasteiger partial charge in [-0.05, 0) is 48.1 Å². The van der Waals surface area contributed by atoms with Gasteiger partial charge in [0.1, 0.15) is 12.4 Å². The van der Waals surface area contributed by atoms with Crippen molar-refractivity contribution in [2.45, 2.75) is 51.2 Å². The van der Waals surface area contributed by atoms with Crippen molar-refractivity contribution in [3.05, 3.63) is 58.9 Å². The summed E-state index contributed by atoms with van der Waals surface area (Å²) >= 11 is 0. The summed E-state index contributed by atoms with van der Waals surface area (Å²) in [5.41, 5.74) is 3.94. The molecule has 0 bridgehead atoms. The molecule has 2 heterocycles. The van der Waals surface area contributed by atoms with Crippen LogP contribution in [0.5, 0.6) is 5.75 Å². The van der Waals surface area contributed by atoms with Crippen molar-refractivity contribution >= 4 is 5.91 Å². The Kier molecular flexibility index (Phi) is 6.83. The van der Waals surface area contributed by atoms with Crippen molar-refractivity contribution in [2.75, 3.05) is 20.1 Å². The Morgan fingerprint density at radius 3 is 2.71 bits per heavy atom. The molecule has 6 nitrogen and oxygen atoms in total. The van der Waals surface area contributed by atoms with Gasteiger partial charge in [0.25, 0.3) is 0 Å². The van der Waals surface area contributed by atoms with Gasteiger partial charge in [-0.3, -0.25) is 14.7 Å². The van der Waals surface area contributed by atoms with E-state index in [0.29, 0.717) is 18.3 Å². The Hall–Kier alpha value is -2.91. The fraction of sp³-hybridized carbons (Fsp3) is 0.480. The van der Waals surface area contributed by atoms with Crippen molar-refractivity contribution < 1.29 is 9.53 Å². The second kappa shape index (κ2) is 9.93. The van der Waals surface area contributed by atoms with Gasteiger partial charge in [-0.2, -0.15) is 5.26 Å². The molecule has 6 heteroatoms. The minimum Gasteiger partial charge on any atom is -0.487 e. The molecule has 1 saturated heterocycles. The van der Waals surface area contributed by atoms with Gasteiger partial charge in [-0.25, -0.2) is 0 Å². The van der Waals surface area contributed by atoms with Crippen LogP contribution in [0.2, 0.25) is 0 Å². The van der Waals surface area contributed by atoms with Crippen LogP contribution < -0.4 is 10.1 Å². The highest BCUT2D eigenvalue weighted by atomic mass is 16.5. The lowest BCUT2D eigenvalue weighted by molar-refractivity contribution is -0.129. The Labute approximate surface area is 184 Å². The number of carbonyl (C=O) groups excluding carboxylic acids is 1. The zero-order valence-corrected chi connectivity index (χ0v) is 18.1. The number of nitriles is 1. The Bertz CT molecular complexity index is 939. The molecule has 162 valence electrons. The van der Waals surface area contributed by atoms with Crippen LogP contribution in [-0.4, -0.2) is 35.9 Å². The highest BCUT2D eigenvalue weighted by Gasteiger charge is 2.31. The summed E-state index contributed by atoms with van der Waals surface area (Å²) in [5.74, 6) is 1.44. The number of ether oxygens (including phenoxy) is 1. The molecule has 2 aliphatic rings. The number of likely N-dealkylation sites (tertiary alicyclic amines) is 1. The summed E-state index contributed by atoms with van der Waals surface area (Å²) in [6.45, 7) is 2.71. The fourth-order valence-electron chi connectivity index (χ4n) is 4.61. The van der Waals surface area contributed by atoms with E-state index < -0.39 is 0 Å². The lowest BCUT2D eigenvalue weighted by Gasteiger charge is -2.37. The predicted octanol–water partition coefficient (Wildman–Crippen LogP) is 3.76. The first-order chi connectivity index (χ1) is 15.2. The summed E-state index contributed by atoms with van der Waals surface area (Å²) in [7, 11) is 1.68. The zero-order valence-electron chi connectivity index (χ0n) is 18.1. The van der Waals surface area contributed by atoms with Crippen molar-refractivity contribution in [3.63, 3.8) is 0 Å². The molecule has 2 aromatic rings. The van der Waals surface area contributed by atoms with Crippen LogP contribution in [0.25, 0.3) is 0 Å². The summed E-state index contributed by atoms with van der Waals surface area (Å²) in [5, 5.41) is 12.3. The van der Waals surface area contributed by atoms with E-state index in [1.165, 1.54) is 37.7 Å². The average Bonchev–Trinajstić information content (AvgIpc) is 2.80. The highest BCUT2D eigenvalue weighted by Crippen LogP contribution is 2.34. The van der Waals surface area contributed by atoms with Crippen LogP contribution in [0.1, 0.15) is 60.4 Å². The van der Waals surface area contributed by atoms with Crippen LogP contribution >= 0.6 is 0 Å². The largest absolute Gasteiger partial charge is 0.487 e. The van der Waals surface area contributed by atoms with Gasteiger partial charge in [-0.15, -0.1) is 0 Å². The number of benzene rings is 1. The third kappa shape index (κ3) is 5.23. The molecular weight excluding hydrogens is 388 g/mol. The monoisotopic (exact) mass is 418 g/mol. The lowest BCUT2D eigenvalue weighted by atomic mass is 9.82. The van der Waals surface area contributed by atoms with Crippen LogP contribution in [0.3, 0.4) is 0 Å². The number of hydrogen-bond acceptors (Lipinski definition) is 5. The number of amides is 1. The van der Waals surface area contributed by atoms with Gasteiger partial charge < -0.3 is 10.1 Å². The molecule has 1 aromatic heterocycles. The first-order valence-corrected chi connectivity index (χ1v) is 11.2. The summed E-state index contributed by atoms with van der Waals surface area (Å²) in [4.78, 5) is 18.3. The van der Waals surface area contributed by atoms with Crippen LogP contribution in [-0.2, 0) is 17.9 Å². The van der Waals surface area contributed by atoms with E-state index in [4.69, 9.17) is 4.74 Å². The number of nitrogens with zero attached hydrogens (tertiary/aromatic N) is 3. The quantitative estimate of drug-likeness (QED) is 0.741. The molecule has 1 N–H and O–H groups in total. The standard InChI is InChI=1S/C25H30N4O2/c1-27-25(30)21-14-29(15-21)16-22-8-9-23(13-28-22)31-17-18-7-10-24(20(11-18)12-26)19-5-3-2-4-6-19/h7-11,13,19,21H,2-6,14-17H2,1H3,(H,27,30). The maximum atomic E-state index is 11.6. The van der Waals surface area contributed by atoms with Gasteiger partial charge in [0.15, 0.2) is 0 Å². The van der Waals surface area contributed by atoms with E-state index in [0.717, 1.165) is 36.5 Å². The number of nitrogens with one attached hydrogen (secondary N) is 1. The van der Waals surface area contributed by atoms with Gasteiger partial charge >= 0.3 is 0 Å². The molecule has 1 saturated carbocycles. The third-order valence-electron chi connectivity index (χ3n) is 6.45. The summed E-state index contributed by atoms with van der Waals surface area (Å²) in [6.07, 6.45) is 7.95. The molecule has 1 amide bonds. The van der Waals surface area contributed by atoms with E-state index in [2.05, 4.69) is 33.4 Å². The lowest BCUT2D eigenvalue weighted by Crippen LogP contribution is -2.52. The van der Waals surface area contributed by atoms with E-state index >= 15 is 0 Å². The Balaban J connectivity index is 1.29. The molecule has 1 aromatic carbocycles. The number of pyridine rings is 1. The molecular formula is C25H30N4O2. The van der Waals surface area contributed by atoms with Gasteiger partial charge in [0.2, 0.25) is 5.91 Å². The maximum Gasteiger partial charge on any atom is 0.225 e. The minimum absolute atomic E-state index is 0.0930. The third-order valence-corrected chi connectivity index (χ3v) is 6.45. The van der Waals surface area contributed by atoms with Crippen molar-refractivity contribution in [2.24, 2.45) is 5.92 Å². The number of aromatic nitrogens is 1. The number of hydrogen-bond donors (Lipinski definition) is 1. The van der Waals surface area contributed by atoms with E-state index in [1.54, 1.807) is 13.2 Å². The normalized spacial score (nSPS) is 17.5. The molecule has 0 spiro atoms. The zero-order chi connectivity index (χ0) is 21.6. The molecule has 0 unspecified atom stereocenters. The second-order valence-corrected chi connectivity index (χ2v) is 8.65. The van der Waals surface area contributed by atoms with Crippen LogP contribution in [0.4, 0.5) is 0 Å². The van der Waals surface area contributed by atoms with Crippen LogP contribution in [0, 0.1) is 17.2 Å². The predicted molar refractivity (Wildman–Crippen MR) is 118 cm³/mol. The summed E-state index contributed by atoms with van der Waals surface area (Å²) in [6, 6.07) is 12.5. The van der Waals surface area contributed by atoms with E-state index in [9.17, 15) is 10.1 Å². The Morgan fingerprint density at radius 1 is 1.23 bits per heavy atom. The van der Waals surface area contributed by atoms with Crippen molar-refractivity contribution in [1.29, 1.82) is 5.26 Å². The molecule has 2 fully saturated rings. The highest BCUT2D eigenvalue weighted by molar-refractivity contribution is 5.79. The topological polar surface area (TPSA) is 78.3 Å². The smallest absolute Gasteiger partial charge is 0.225 e. The first kappa shape index (κ1) is 21.3. The molecule has 0 atom stereocenters. The molecule has 1 aliphatic heterocycles. The molecule has 31 heavy (non-hydrogen) atoms. The maximum absolute atomic E-state index is 11.6. The van der Waals surface area contributed by atoms with E-state index in [1.807, 2.05) is 18.2 Å². The number of carbonyl (C=O) groups is 1. The first-order valence-electron chi connectivity index (χ1n) is 11.2. The van der Waals surface area contributed by atoms with Crippen molar-refractivity contribution in [1.82, 2.24) is 15.2 Å². The minimum atomic E-state index is 0.0930. The van der Waals surface area contributed by atoms with E-state index in [-0.39, 0.29) is 11.8 Å².